The molecular weight excluding hydrogens is 295 g/mol. The molecule has 1 radical (unpaired) electrons. The van der Waals surface area contributed by atoms with E-state index in [2.05, 4.69) is 0 Å². The van der Waals surface area contributed by atoms with Gasteiger partial charge in [0.15, 0.2) is 0 Å². The molecule has 0 aromatic heterocycles. The number of hydrogen-bond acceptors (Lipinski definition) is 6. The molecule has 0 saturated heterocycles. The van der Waals surface area contributed by atoms with E-state index in [4.69, 9.17) is 9.11 Å². The van der Waals surface area contributed by atoms with Crippen LogP contribution in [0.1, 0.15) is 0 Å². The SMILES string of the molecule is O=S(=O)(O)CCSSCCS(=O)(=O)O.[Na]. The Balaban J connectivity index is 0. The smallest absolute Gasteiger partial charge is 0.265 e. The third-order valence-corrected chi connectivity index (χ3v) is 5.30. The van der Waals surface area contributed by atoms with E-state index < -0.39 is 20.2 Å². The summed E-state index contributed by atoms with van der Waals surface area (Å²) < 4.78 is 57.5. The summed E-state index contributed by atoms with van der Waals surface area (Å²) in [5.41, 5.74) is 0. The third-order valence-electron chi connectivity index (χ3n) is 0.933. The van der Waals surface area contributed by atoms with Crippen LogP contribution in [0, 0.1) is 0 Å². The zero-order valence-electron chi connectivity index (χ0n) is 7.99. The molecule has 0 aliphatic rings. The Bertz CT molecular complexity index is 311. The Kier molecular flexibility index (Phi) is 10.8. The van der Waals surface area contributed by atoms with Crippen LogP contribution in [-0.2, 0) is 20.2 Å². The van der Waals surface area contributed by atoms with Crippen LogP contribution in [0.25, 0.3) is 0 Å². The maximum absolute atomic E-state index is 10.2. The average Bonchev–Trinajstić information content (AvgIpc) is 1.92. The van der Waals surface area contributed by atoms with Gasteiger partial charge in [-0.3, -0.25) is 9.11 Å². The fraction of sp³-hybridized carbons (Fsp3) is 1.00. The Hall–Kier alpha value is 1.52. The van der Waals surface area contributed by atoms with Gasteiger partial charge in [-0.1, -0.05) is 21.6 Å². The van der Waals surface area contributed by atoms with E-state index in [1.165, 1.54) is 0 Å². The second-order valence-corrected chi connectivity index (χ2v) is 8.06. The van der Waals surface area contributed by atoms with E-state index in [1.807, 2.05) is 0 Å². The largest absolute Gasteiger partial charge is 0.286 e. The summed E-state index contributed by atoms with van der Waals surface area (Å²) in [6.45, 7) is 0. The molecule has 0 aromatic carbocycles. The first-order valence-corrected chi connectivity index (χ1v) is 9.06. The van der Waals surface area contributed by atoms with E-state index in [0.717, 1.165) is 21.6 Å². The first-order chi connectivity index (χ1) is 6.21. The van der Waals surface area contributed by atoms with Crippen molar-refractivity contribution in [1.82, 2.24) is 0 Å². The summed E-state index contributed by atoms with van der Waals surface area (Å²) in [7, 11) is -5.64. The van der Waals surface area contributed by atoms with Crippen molar-refractivity contribution in [3.05, 3.63) is 0 Å². The van der Waals surface area contributed by atoms with Crippen LogP contribution in [0.15, 0.2) is 0 Å². The normalized spacial score (nSPS) is 12.1. The van der Waals surface area contributed by atoms with Crippen LogP contribution in [-0.4, -0.2) is 78.5 Å². The second kappa shape index (κ2) is 8.59. The standard InChI is InChI=1S/C4H10O6S4.Na/c5-13(6,7)3-1-11-12-2-4-14(8,9)10;/h1-4H2,(H,5,6,7)(H,8,9,10);. The van der Waals surface area contributed by atoms with Crippen LogP contribution in [0.2, 0.25) is 0 Å². The van der Waals surface area contributed by atoms with Crippen LogP contribution in [0.4, 0.5) is 0 Å². The molecule has 0 aromatic rings. The molecule has 0 amide bonds. The predicted molar refractivity (Wildman–Crippen MR) is 63.5 cm³/mol. The minimum atomic E-state index is -3.94. The molecule has 0 heterocycles. The summed E-state index contributed by atoms with van der Waals surface area (Å²) in [5, 5.41) is 0. The molecule has 11 heteroatoms. The first kappa shape index (κ1) is 18.9. The van der Waals surface area contributed by atoms with Crippen LogP contribution >= 0.6 is 21.6 Å². The molecule has 0 aliphatic carbocycles. The molecule has 0 bridgehead atoms. The maximum Gasteiger partial charge on any atom is 0.265 e. The second-order valence-electron chi connectivity index (χ2n) is 2.22. The van der Waals surface area contributed by atoms with Gasteiger partial charge in [-0.05, 0) is 0 Å². The van der Waals surface area contributed by atoms with E-state index in [9.17, 15) is 16.8 Å². The molecule has 0 unspecified atom stereocenters. The summed E-state index contributed by atoms with van der Waals surface area (Å²) in [4.78, 5) is 0. The quantitative estimate of drug-likeness (QED) is 0.287. The molecule has 6 nitrogen and oxygen atoms in total. The van der Waals surface area contributed by atoms with Gasteiger partial charge in [0, 0.05) is 41.1 Å². The molecule has 0 atom stereocenters. The van der Waals surface area contributed by atoms with Gasteiger partial charge < -0.3 is 0 Å². The summed E-state index contributed by atoms with van der Waals surface area (Å²) in [6.07, 6.45) is 0. The number of hydrogen-bond donors (Lipinski definition) is 2. The Morgan fingerprint density at radius 3 is 1.27 bits per heavy atom. The third kappa shape index (κ3) is 18.1. The predicted octanol–water partition coefficient (Wildman–Crippen LogP) is -0.237. The molecule has 0 fully saturated rings. The topological polar surface area (TPSA) is 109 Å². The molecule has 0 aliphatic heterocycles. The van der Waals surface area contributed by atoms with Crippen molar-refractivity contribution in [2.45, 2.75) is 0 Å². The van der Waals surface area contributed by atoms with Crippen LogP contribution < -0.4 is 0 Å². The Morgan fingerprint density at radius 2 is 1.07 bits per heavy atom. The van der Waals surface area contributed by atoms with Gasteiger partial charge >= 0.3 is 0 Å². The van der Waals surface area contributed by atoms with Crippen molar-refractivity contribution in [3.8, 4) is 0 Å². The molecule has 87 valence electrons. The molecule has 2 N–H and O–H groups in total. The zero-order chi connectivity index (χ0) is 11.2. The van der Waals surface area contributed by atoms with Crippen LogP contribution in [0.5, 0.6) is 0 Å². The zero-order valence-corrected chi connectivity index (χ0v) is 13.3. The Labute approximate surface area is 119 Å². The van der Waals surface area contributed by atoms with E-state index in [1.54, 1.807) is 0 Å². The molecular formula is C4H10NaO6S4. The monoisotopic (exact) mass is 305 g/mol. The van der Waals surface area contributed by atoms with E-state index in [-0.39, 0.29) is 52.6 Å². The first-order valence-electron chi connectivity index (χ1n) is 3.35. The van der Waals surface area contributed by atoms with Crippen molar-refractivity contribution >= 4 is 71.4 Å². The van der Waals surface area contributed by atoms with Crippen LogP contribution in [0.3, 0.4) is 0 Å². The van der Waals surface area contributed by atoms with Crippen molar-refractivity contribution < 1.29 is 25.9 Å². The van der Waals surface area contributed by atoms with Gasteiger partial charge in [-0.15, -0.1) is 0 Å². The van der Waals surface area contributed by atoms with Gasteiger partial charge in [-0.25, -0.2) is 0 Å². The van der Waals surface area contributed by atoms with Gasteiger partial charge in [-0.2, -0.15) is 16.8 Å². The maximum atomic E-state index is 10.2. The summed E-state index contributed by atoms with van der Waals surface area (Å²) in [6, 6.07) is 0. The summed E-state index contributed by atoms with van der Waals surface area (Å²) >= 11 is 0. The van der Waals surface area contributed by atoms with Gasteiger partial charge in [0.1, 0.15) is 0 Å². The van der Waals surface area contributed by atoms with Crippen molar-refractivity contribution in [2.75, 3.05) is 23.0 Å². The molecule has 0 saturated carbocycles. The fourth-order valence-corrected chi connectivity index (χ4v) is 4.79. The van der Waals surface area contributed by atoms with E-state index in [0.29, 0.717) is 0 Å². The van der Waals surface area contributed by atoms with Crippen molar-refractivity contribution in [2.24, 2.45) is 0 Å². The molecule has 0 rings (SSSR count). The Morgan fingerprint density at radius 1 is 0.800 bits per heavy atom. The molecule has 15 heavy (non-hydrogen) atoms. The van der Waals surface area contributed by atoms with Gasteiger partial charge in [0.2, 0.25) is 0 Å². The van der Waals surface area contributed by atoms with E-state index >= 15 is 0 Å². The minimum absolute atomic E-state index is 0. The molecule has 0 spiro atoms. The van der Waals surface area contributed by atoms with Gasteiger partial charge in [0.05, 0.1) is 11.5 Å². The minimum Gasteiger partial charge on any atom is -0.286 e. The number of rotatable bonds is 7. The fourth-order valence-electron chi connectivity index (χ4n) is 0.397. The van der Waals surface area contributed by atoms with Crippen molar-refractivity contribution in [1.29, 1.82) is 0 Å². The van der Waals surface area contributed by atoms with Gasteiger partial charge in [0.25, 0.3) is 20.2 Å². The average molecular weight is 305 g/mol. The van der Waals surface area contributed by atoms with Crippen molar-refractivity contribution in [3.63, 3.8) is 0 Å². The summed E-state index contributed by atoms with van der Waals surface area (Å²) in [5.74, 6) is -0.378.